The van der Waals surface area contributed by atoms with Crippen LogP contribution in [0.2, 0.25) is 0 Å². The Morgan fingerprint density at radius 2 is 2.20 bits per heavy atom. The molecule has 0 bridgehead atoms. The van der Waals surface area contributed by atoms with Crippen LogP contribution in [0.15, 0.2) is 0 Å². The van der Waals surface area contributed by atoms with Crippen LogP contribution < -0.4 is 5.48 Å². The Morgan fingerprint density at radius 3 is 2.75 bits per heavy atom. The van der Waals surface area contributed by atoms with E-state index in [1.807, 2.05) is 0 Å². The molecule has 1 saturated heterocycles. The van der Waals surface area contributed by atoms with Crippen molar-refractivity contribution in [2.24, 2.45) is 11.3 Å². The van der Waals surface area contributed by atoms with E-state index in [4.69, 9.17) is 14.7 Å². The molecule has 0 aromatic carbocycles. The highest BCUT2D eigenvalue weighted by Gasteiger charge is 2.31. The number of likely N-dealkylation sites (tertiary alicyclic amines) is 1. The molecule has 6 nitrogen and oxygen atoms in total. The van der Waals surface area contributed by atoms with Crippen molar-refractivity contribution < 1.29 is 19.5 Å². The maximum Gasteiger partial charge on any atom is 0.163 e. The highest BCUT2D eigenvalue weighted by atomic mass is 16.7. The first-order valence-corrected chi connectivity index (χ1v) is 7.15. The van der Waals surface area contributed by atoms with Crippen molar-refractivity contribution in [1.29, 1.82) is 0 Å². The van der Waals surface area contributed by atoms with Gasteiger partial charge in [0.2, 0.25) is 0 Å². The lowest BCUT2D eigenvalue weighted by Gasteiger charge is -2.31. The van der Waals surface area contributed by atoms with Crippen LogP contribution in [0.4, 0.5) is 0 Å². The van der Waals surface area contributed by atoms with Gasteiger partial charge in [0.15, 0.2) is 6.79 Å². The Labute approximate surface area is 121 Å². The van der Waals surface area contributed by atoms with Gasteiger partial charge in [-0.05, 0) is 17.8 Å². The van der Waals surface area contributed by atoms with Gasteiger partial charge in [0.1, 0.15) is 6.29 Å². The van der Waals surface area contributed by atoms with E-state index in [1.165, 1.54) is 0 Å². The fraction of sp³-hybridized carbons (Fsp3) is 0.929. The van der Waals surface area contributed by atoms with Crippen molar-refractivity contribution in [2.75, 3.05) is 26.7 Å². The number of rotatable bonds is 8. The highest BCUT2D eigenvalue weighted by molar-refractivity contribution is 5.58. The minimum Gasteiger partial charge on any atom is -0.369 e. The summed E-state index contributed by atoms with van der Waals surface area (Å²) in [5.74, 6) is 0.394. The molecule has 0 aromatic rings. The van der Waals surface area contributed by atoms with Gasteiger partial charge in [0, 0.05) is 6.54 Å². The van der Waals surface area contributed by atoms with Gasteiger partial charge in [-0.2, -0.15) is 5.48 Å². The first-order chi connectivity index (χ1) is 9.40. The van der Waals surface area contributed by atoms with Crippen LogP contribution in [0.25, 0.3) is 0 Å². The first-order valence-electron chi connectivity index (χ1n) is 7.15. The van der Waals surface area contributed by atoms with Crippen LogP contribution in [0.1, 0.15) is 34.1 Å². The molecule has 3 atom stereocenters. The van der Waals surface area contributed by atoms with Gasteiger partial charge in [-0.25, -0.2) is 0 Å². The Bertz CT molecular complexity index is 293. The summed E-state index contributed by atoms with van der Waals surface area (Å²) in [5, 5.41) is 8.70. The van der Waals surface area contributed by atoms with E-state index in [-0.39, 0.29) is 24.3 Å². The molecule has 1 heterocycles. The van der Waals surface area contributed by atoms with Crippen LogP contribution in [0, 0.1) is 11.3 Å². The largest absolute Gasteiger partial charge is 0.369 e. The van der Waals surface area contributed by atoms with Crippen molar-refractivity contribution >= 4 is 6.29 Å². The third-order valence-electron chi connectivity index (χ3n) is 3.89. The first kappa shape index (κ1) is 17.5. The lowest BCUT2D eigenvalue weighted by molar-refractivity contribution is -0.119. The smallest absolute Gasteiger partial charge is 0.163 e. The standard InChI is InChI=1S/C14H28N2O4/c1-11-5-6-16(12(11)7-17)9-19-8-13(14(2,3)4)15-20-10-18/h7,11-13,15,18H,5-6,8-10H2,1-4H3/t11-,12-,13-/m1/s1. The molecule has 0 aromatic heterocycles. The van der Waals surface area contributed by atoms with Gasteiger partial charge in [-0.1, -0.05) is 27.7 Å². The molecule has 0 saturated carbocycles. The number of aliphatic hydroxyl groups is 1. The number of carbonyl (C=O) groups is 1. The predicted octanol–water partition coefficient (Wildman–Crippen LogP) is 0.756. The summed E-state index contributed by atoms with van der Waals surface area (Å²) in [7, 11) is 0. The van der Waals surface area contributed by atoms with E-state index in [0.29, 0.717) is 19.3 Å². The fourth-order valence-electron chi connectivity index (χ4n) is 2.31. The second-order valence-corrected chi connectivity index (χ2v) is 6.51. The minimum absolute atomic E-state index is 0.0373. The predicted molar refractivity (Wildman–Crippen MR) is 75.7 cm³/mol. The van der Waals surface area contributed by atoms with E-state index in [0.717, 1.165) is 19.3 Å². The average Bonchev–Trinajstić information content (AvgIpc) is 2.72. The van der Waals surface area contributed by atoms with Gasteiger partial charge in [0.25, 0.3) is 0 Å². The lowest BCUT2D eigenvalue weighted by Crippen LogP contribution is -2.45. The van der Waals surface area contributed by atoms with Crippen LogP contribution in [-0.4, -0.2) is 55.1 Å². The second-order valence-electron chi connectivity index (χ2n) is 6.51. The fourth-order valence-corrected chi connectivity index (χ4v) is 2.31. The van der Waals surface area contributed by atoms with Crippen molar-refractivity contribution in [3.8, 4) is 0 Å². The molecule has 0 radical (unpaired) electrons. The number of hydrogen-bond donors (Lipinski definition) is 2. The molecule has 1 fully saturated rings. The number of nitrogens with one attached hydrogen (secondary N) is 1. The Balaban J connectivity index is 2.38. The van der Waals surface area contributed by atoms with Crippen LogP contribution in [0.5, 0.6) is 0 Å². The van der Waals surface area contributed by atoms with Crippen molar-refractivity contribution in [1.82, 2.24) is 10.4 Å². The molecule has 1 rings (SSSR count). The van der Waals surface area contributed by atoms with Crippen LogP contribution in [-0.2, 0) is 14.4 Å². The molecule has 20 heavy (non-hydrogen) atoms. The molecule has 0 aliphatic carbocycles. The SMILES string of the molecule is C[C@@H]1CCN(COC[C@@H](NOCO)C(C)(C)C)[C@@H]1C=O. The summed E-state index contributed by atoms with van der Waals surface area (Å²) < 4.78 is 5.73. The average molecular weight is 288 g/mol. The Kier molecular flexibility index (Phi) is 7.05. The van der Waals surface area contributed by atoms with Gasteiger partial charge < -0.3 is 14.6 Å². The zero-order chi connectivity index (χ0) is 15.2. The quantitative estimate of drug-likeness (QED) is 0.390. The zero-order valence-corrected chi connectivity index (χ0v) is 13.0. The Morgan fingerprint density at radius 1 is 1.50 bits per heavy atom. The van der Waals surface area contributed by atoms with Crippen LogP contribution >= 0.6 is 0 Å². The topological polar surface area (TPSA) is 71.0 Å². The zero-order valence-electron chi connectivity index (χ0n) is 13.0. The number of aliphatic hydroxyl groups excluding tert-OH is 1. The third-order valence-corrected chi connectivity index (χ3v) is 3.89. The van der Waals surface area contributed by atoms with Crippen molar-refractivity contribution in [3.63, 3.8) is 0 Å². The van der Waals surface area contributed by atoms with Gasteiger partial charge in [-0.15, -0.1) is 0 Å². The maximum absolute atomic E-state index is 11.1. The van der Waals surface area contributed by atoms with E-state index < -0.39 is 0 Å². The molecule has 0 spiro atoms. The number of hydrogen-bond acceptors (Lipinski definition) is 6. The number of ether oxygens (including phenoxy) is 1. The molecule has 1 aliphatic heterocycles. The van der Waals surface area contributed by atoms with Crippen molar-refractivity contribution in [3.05, 3.63) is 0 Å². The van der Waals surface area contributed by atoms with Gasteiger partial charge in [0.05, 0.1) is 25.4 Å². The molecular weight excluding hydrogens is 260 g/mol. The monoisotopic (exact) mass is 288 g/mol. The highest BCUT2D eigenvalue weighted by Crippen LogP contribution is 2.23. The summed E-state index contributed by atoms with van der Waals surface area (Å²) >= 11 is 0. The summed E-state index contributed by atoms with van der Waals surface area (Å²) in [6.45, 7) is 9.73. The number of carbonyl (C=O) groups excluding carboxylic acids is 1. The van der Waals surface area contributed by atoms with E-state index in [9.17, 15) is 4.79 Å². The summed E-state index contributed by atoms with van der Waals surface area (Å²) in [6, 6.07) is -0.0749. The molecule has 0 amide bonds. The molecule has 1 aliphatic rings. The van der Waals surface area contributed by atoms with E-state index in [2.05, 4.69) is 38.1 Å². The third kappa shape index (κ3) is 5.10. The molecule has 2 N–H and O–H groups in total. The van der Waals surface area contributed by atoms with Gasteiger partial charge >= 0.3 is 0 Å². The molecule has 118 valence electrons. The summed E-state index contributed by atoms with van der Waals surface area (Å²) in [6.07, 6.45) is 2.04. The van der Waals surface area contributed by atoms with Crippen LogP contribution in [0.3, 0.4) is 0 Å². The second kappa shape index (κ2) is 8.05. The summed E-state index contributed by atoms with van der Waals surface area (Å²) in [5.41, 5.74) is 2.75. The molecular formula is C14H28N2O4. The molecule has 6 heteroatoms. The lowest BCUT2D eigenvalue weighted by atomic mass is 9.88. The van der Waals surface area contributed by atoms with Crippen molar-refractivity contribution in [2.45, 2.75) is 46.2 Å². The summed E-state index contributed by atoms with van der Waals surface area (Å²) in [4.78, 5) is 18.0. The molecule has 0 unspecified atom stereocenters. The van der Waals surface area contributed by atoms with Gasteiger partial charge in [-0.3, -0.25) is 9.74 Å². The van der Waals surface area contributed by atoms with E-state index >= 15 is 0 Å². The number of hydroxylamine groups is 1. The maximum atomic E-state index is 11.1. The number of aldehydes is 1. The minimum atomic E-state index is -0.372. The number of nitrogens with zero attached hydrogens (tertiary/aromatic N) is 1. The Hall–Kier alpha value is -0.530. The normalized spacial score (nSPS) is 25.9. The van der Waals surface area contributed by atoms with E-state index in [1.54, 1.807) is 0 Å².